The molecule has 0 spiro atoms. The summed E-state index contributed by atoms with van der Waals surface area (Å²) in [6.07, 6.45) is 5.90. The van der Waals surface area contributed by atoms with Crippen LogP contribution in [0, 0.1) is 0 Å². The van der Waals surface area contributed by atoms with Crippen LogP contribution < -0.4 is 5.32 Å². The van der Waals surface area contributed by atoms with Gasteiger partial charge >= 0.3 is 0 Å². The number of imidazole rings is 1. The summed E-state index contributed by atoms with van der Waals surface area (Å²) in [5.41, 5.74) is 0. The maximum atomic E-state index is 4.33. The van der Waals surface area contributed by atoms with Crippen molar-refractivity contribution in [2.45, 2.75) is 39.8 Å². The van der Waals surface area contributed by atoms with Gasteiger partial charge < -0.3 is 9.88 Å². The van der Waals surface area contributed by atoms with E-state index >= 15 is 0 Å². The minimum absolute atomic E-state index is 0.700. The van der Waals surface area contributed by atoms with Crippen LogP contribution in [0.15, 0.2) is 12.4 Å². The molecule has 92 valence electrons. The Kier molecular flexibility index (Phi) is 4.08. The first-order chi connectivity index (χ1) is 8.33. The third-order valence-corrected chi connectivity index (χ3v) is 3.46. The van der Waals surface area contributed by atoms with Crippen LogP contribution in [0.2, 0.25) is 0 Å². The smallest absolute Gasteiger partial charge is 0.206 e. The first kappa shape index (κ1) is 12.0. The van der Waals surface area contributed by atoms with E-state index in [2.05, 4.69) is 38.9 Å². The van der Waals surface area contributed by atoms with Gasteiger partial charge in [0.15, 0.2) is 0 Å². The Balaban J connectivity index is 1.94. The van der Waals surface area contributed by atoms with E-state index in [0.29, 0.717) is 6.54 Å². The highest BCUT2D eigenvalue weighted by atomic mass is 32.1. The molecule has 5 nitrogen and oxygen atoms in total. The molecule has 0 saturated heterocycles. The Morgan fingerprint density at radius 1 is 1.35 bits per heavy atom. The third kappa shape index (κ3) is 3.03. The highest BCUT2D eigenvalue weighted by molar-refractivity contribution is 7.15. The quantitative estimate of drug-likeness (QED) is 0.856. The summed E-state index contributed by atoms with van der Waals surface area (Å²) in [6, 6.07) is 0. The monoisotopic (exact) mass is 251 g/mol. The third-order valence-electron chi connectivity index (χ3n) is 2.43. The van der Waals surface area contributed by atoms with Gasteiger partial charge in [0.25, 0.3) is 0 Å². The highest BCUT2D eigenvalue weighted by Gasteiger charge is 2.05. The fraction of sp³-hybridized carbons (Fsp3) is 0.545. The summed E-state index contributed by atoms with van der Waals surface area (Å²) in [5, 5.41) is 13.3. The molecule has 1 N–H and O–H groups in total. The van der Waals surface area contributed by atoms with Crippen molar-refractivity contribution in [3.8, 4) is 0 Å². The van der Waals surface area contributed by atoms with Crippen molar-refractivity contribution in [2.24, 2.45) is 0 Å². The fourth-order valence-corrected chi connectivity index (χ4v) is 2.25. The lowest BCUT2D eigenvalue weighted by Gasteiger charge is -2.06. The Morgan fingerprint density at radius 2 is 2.24 bits per heavy atom. The largest absolute Gasteiger partial charge is 0.353 e. The van der Waals surface area contributed by atoms with Gasteiger partial charge in [0.05, 0.1) is 6.54 Å². The van der Waals surface area contributed by atoms with Crippen LogP contribution in [0.5, 0.6) is 0 Å². The van der Waals surface area contributed by atoms with Gasteiger partial charge in [-0.2, -0.15) is 0 Å². The number of hydrogen-bond donors (Lipinski definition) is 1. The maximum absolute atomic E-state index is 4.33. The topological polar surface area (TPSA) is 55.6 Å². The minimum Gasteiger partial charge on any atom is -0.353 e. The second-order valence-corrected chi connectivity index (χ2v) is 4.81. The molecule has 2 heterocycles. The number of hydrogen-bond acceptors (Lipinski definition) is 5. The molecule has 0 aliphatic heterocycles. The fourth-order valence-electron chi connectivity index (χ4n) is 1.57. The number of anilines is 1. The second-order valence-electron chi connectivity index (χ2n) is 3.74. The molecule has 0 amide bonds. The number of nitrogens with one attached hydrogen (secondary N) is 1. The average Bonchev–Trinajstić information content (AvgIpc) is 2.95. The normalized spacial score (nSPS) is 10.7. The lowest BCUT2D eigenvalue weighted by Crippen LogP contribution is -2.08. The van der Waals surface area contributed by atoms with Gasteiger partial charge in [-0.1, -0.05) is 25.2 Å². The molecule has 0 aromatic carbocycles. The lowest BCUT2D eigenvalue weighted by atomic mass is 10.4. The summed E-state index contributed by atoms with van der Waals surface area (Å²) in [5.74, 6) is 1.04. The van der Waals surface area contributed by atoms with Crippen LogP contribution in [-0.4, -0.2) is 19.7 Å². The van der Waals surface area contributed by atoms with Crippen LogP contribution in [0.4, 0.5) is 5.13 Å². The van der Waals surface area contributed by atoms with Crippen molar-refractivity contribution in [2.75, 3.05) is 5.32 Å². The Hall–Kier alpha value is -1.43. The molecule has 2 rings (SSSR count). The van der Waals surface area contributed by atoms with Gasteiger partial charge in [0, 0.05) is 18.9 Å². The molecule has 0 fully saturated rings. The molecule has 17 heavy (non-hydrogen) atoms. The Labute approximate surface area is 105 Å². The molecule has 0 atom stereocenters. The molecule has 0 aliphatic carbocycles. The van der Waals surface area contributed by atoms with E-state index in [4.69, 9.17) is 0 Å². The van der Waals surface area contributed by atoms with Crippen molar-refractivity contribution in [1.29, 1.82) is 0 Å². The van der Waals surface area contributed by atoms with E-state index in [0.717, 1.165) is 35.3 Å². The van der Waals surface area contributed by atoms with Gasteiger partial charge in [-0.3, -0.25) is 0 Å². The zero-order valence-corrected chi connectivity index (χ0v) is 11.0. The van der Waals surface area contributed by atoms with E-state index in [9.17, 15) is 0 Å². The van der Waals surface area contributed by atoms with Crippen molar-refractivity contribution in [3.05, 3.63) is 23.2 Å². The average molecular weight is 251 g/mol. The summed E-state index contributed by atoms with van der Waals surface area (Å²) in [4.78, 5) is 4.33. The SMILES string of the molecule is CCCn1ccnc1CNc1nnc(CC)s1. The van der Waals surface area contributed by atoms with Gasteiger partial charge in [0.2, 0.25) is 5.13 Å². The van der Waals surface area contributed by atoms with Gasteiger partial charge in [0.1, 0.15) is 10.8 Å². The zero-order valence-electron chi connectivity index (χ0n) is 10.2. The molecule has 0 saturated carbocycles. The molecular weight excluding hydrogens is 234 g/mol. The molecule has 0 aliphatic rings. The standard InChI is InChI=1S/C11H17N5S/c1-3-6-16-7-5-12-9(16)8-13-11-15-14-10(4-2)17-11/h5,7H,3-4,6,8H2,1-2H3,(H,13,15). The Bertz CT molecular complexity index is 462. The van der Waals surface area contributed by atoms with Crippen LogP contribution in [0.25, 0.3) is 0 Å². The molecule has 6 heteroatoms. The second kappa shape index (κ2) is 5.77. The molecular formula is C11H17N5S. The van der Waals surface area contributed by atoms with Crippen LogP contribution in [-0.2, 0) is 19.5 Å². The maximum Gasteiger partial charge on any atom is 0.206 e. The van der Waals surface area contributed by atoms with Crippen molar-refractivity contribution >= 4 is 16.5 Å². The number of rotatable bonds is 6. The van der Waals surface area contributed by atoms with E-state index in [1.165, 1.54) is 0 Å². The molecule has 0 unspecified atom stereocenters. The first-order valence-electron chi connectivity index (χ1n) is 5.89. The minimum atomic E-state index is 0.700. The van der Waals surface area contributed by atoms with Crippen LogP contribution >= 0.6 is 11.3 Å². The van der Waals surface area contributed by atoms with Crippen LogP contribution in [0.3, 0.4) is 0 Å². The van der Waals surface area contributed by atoms with Crippen molar-refractivity contribution < 1.29 is 0 Å². The van der Waals surface area contributed by atoms with E-state index in [1.807, 2.05) is 12.4 Å². The summed E-state index contributed by atoms with van der Waals surface area (Å²) in [6.45, 7) is 5.95. The number of nitrogens with zero attached hydrogens (tertiary/aromatic N) is 4. The molecule has 0 bridgehead atoms. The predicted molar refractivity (Wildman–Crippen MR) is 69.1 cm³/mol. The number of aromatic nitrogens is 4. The zero-order chi connectivity index (χ0) is 12.1. The van der Waals surface area contributed by atoms with Crippen molar-refractivity contribution in [1.82, 2.24) is 19.7 Å². The summed E-state index contributed by atoms with van der Waals surface area (Å²) in [7, 11) is 0. The summed E-state index contributed by atoms with van der Waals surface area (Å²) < 4.78 is 2.16. The first-order valence-corrected chi connectivity index (χ1v) is 6.71. The van der Waals surface area contributed by atoms with Gasteiger partial charge in [-0.05, 0) is 12.8 Å². The van der Waals surface area contributed by atoms with Gasteiger partial charge in [-0.15, -0.1) is 10.2 Å². The Morgan fingerprint density at radius 3 is 2.94 bits per heavy atom. The van der Waals surface area contributed by atoms with Crippen LogP contribution in [0.1, 0.15) is 31.1 Å². The molecule has 2 aromatic rings. The predicted octanol–water partition coefficient (Wildman–Crippen LogP) is 2.32. The van der Waals surface area contributed by atoms with E-state index in [1.54, 1.807) is 11.3 Å². The van der Waals surface area contributed by atoms with Crippen molar-refractivity contribution in [3.63, 3.8) is 0 Å². The number of aryl methyl sites for hydroxylation is 2. The lowest BCUT2D eigenvalue weighted by molar-refractivity contribution is 0.644. The van der Waals surface area contributed by atoms with Gasteiger partial charge in [-0.25, -0.2) is 4.98 Å². The van der Waals surface area contributed by atoms with E-state index in [-0.39, 0.29) is 0 Å². The highest BCUT2D eigenvalue weighted by Crippen LogP contribution is 2.16. The summed E-state index contributed by atoms with van der Waals surface area (Å²) >= 11 is 1.60. The molecule has 0 radical (unpaired) electrons. The molecule has 2 aromatic heterocycles. The van der Waals surface area contributed by atoms with E-state index < -0.39 is 0 Å².